The molecule has 0 aliphatic carbocycles. The van der Waals surface area contributed by atoms with Crippen LogP contribution in [0.4, 0.5) is 0 Å². The van der Waals surface area contributed by atoms with Gasteiger partial charge in [-0.1, -0.05) is 74.5 Å². The number of benzene rings is 2. The highest BCUT2D eigenvalue weighted by Gasteiger charge is 2.29. The molecule has 0 spiro atoms. The van der Waals surface area contributed by atoms with Gasteiger partial charge < -0.3 is 15.3 Å². The lowest BCUT2D eigenvalue weighted by molar-refractivity contribution is 0.0327. The summed E-state index contributed by atoms with van der Waals surface area (Å²) in [6, 6.07) is 20.3. The van der Waals surface area contributed by atoms with Crippen LogP contribution in [0.25, 0.3) is 0 Å². The predicted molar refractivity (Wildman–Crippen MR) is 120 cm³/mol. The largest absolute Gasteiger partial charge is 0.394 e. The van der Waals surface area contributed by atoms with E-state index in [0.29, 0.717) is 5.92 Å². The van der Waals surface area contributed by atoms with Crippen molar-refractivity contribution in [1.82, 2.24) is 0 Å². The first-order valence-electron chi connectivity index (χ1n) is 9.99. The van der Waals surface area contributed by atoms with Gasteiger partial charge in [0, 0.05) is 12.0 Å². The van der Waals surface area contributed by atoms with Crippen LogP contribution in [0.5, 0.6) is 0 Å². The summed E-state index contributed by atoms with van der Waals surface area (Å²) in [5.41, 5.74) is 1.01. The third-order valence-electron chi connectivity index (χ3n) is 4.39. The van der Waals surface area contributed by atoms with Crippen LogP contribution in [0.3, 0.4) is 0 Å². The molecule has 0 fully saturated rings. The summed E-state index contributed by atoms with van der Waals surface area (Å²) in [5.74, 6) is 0.359. The van der Waals surface area contributed by atoms with Crippen molar-refractivity contribution in [2.45, 2.75) is 78.6 Å². The van der Waals surface area contributed by atoms with Crippen molar-refractivity contribution in [1.29, 1.82) is 0 Å². The number of hydrogen-bond acceptors (Lipinski definition) is 3. The average Bonchev–Trinajstić information content (AvgIpc) is 2.55. The van der Waals surface area contributed by atoms with Crippen molar-refractivity contribution < 1.29 is 15.3 Å². The molecule has 0 saturated carbocycles. The van der Waals surface area contributed by atoms with Gasteiger partial charge in [-0.15, -0.1) is 0 Å². The van der Waals surface area contributed by atoms with Gasteiger partial charge >= 0.3 is 0 Å². The first-order chi connectivity index (χ1) is 12.8. The van der Waals surface area contributed by atoms with Gasteiger partial charge in [-0.3, -0.25) is 0 Å². The Labute approximate surface area is 172 Å². The van der Waals surface area contributed by atoms with Crippen LogP contribution in [0.15, 0.2) is 60.7 Å². The highest BCUT2D eigenvalue weighted by atomic mass is 16.3. The molecule has 0 bridgehead atoms. The predicted octanol–water partition coefficient (Wildman–Crippen LogP) is 5.39. The summed E-state index contributed by atoms with van der Waals surface area (Å²) in [4.78, 5) is 0. The lowest BCUT2D eigenvalue weighted by atomic mass is 9.79. The van der Waals surface area contributed by atoms with Gasteiger partial charge in [0.15, 0.2) is 0 Å². The maximum atomic E-state index is 10.4. The molecule has 3 heteroatoms. The molecule has 28 heavy (non-hydrogen) atoms. The van der Waals surface area contributed by atoms with E-state index in [1.165, 1.54) is 0 Å². The first-order valence-corrected chi connectivity index (χ1v) is 9.99. The first kappa shape index (κ1) is 26.3. The van der Waals surface area contributed by atoms with Crippen molar-refractivity contribution in [3.8, 4) is 0 Å². The zero-order chi connectivity index (χ0) is 22.0. The molecule has 0 heterocycles. The number of aliphatic hydroxyl groups excluding tert-OH is 1. The number of hydrogen-bond donors (Lipinski definition) is 3. The standard InChI is InChI=1S/C16H18O.C6H14O.C3H8O/c1-16(2,17)15(13-9-5-3-6-10-13)14-11-7-4-8-12-14;1-5(2)6(3,4)7;1-3(2)4/h3-12,15,17H,1-2H3;5,7H,1-4H3;3-4H,1-2H3. The molecular formula is C25H40O3. The Morgan fingerprint density at radius 2 is 0.857 bits per heavy atom. The van der Waals surface area contributed by atoms with Gasteiger partial charge in [0.1, 0.15) is 0 Å². The Bertz CT molecular complexity index is 578. The quantitative estimate of drug-likeness (QED) is 0.658. The molecule has 0 aliphatic rings. The van der Waals surface area contributed by atoms with Gasteiger partial charge in [-0.25, -0.2) is 0 Å². The molecule has 3 nitrogen and oxygen atoms in total. The highest BCUT2D eigenvalue weighted by Crippen LogP contribution is 2.34. The van der Waals surface area contributed by atoms with E-state index in [4.69, 9.17) is 10.2 Å². The molecule has 2 rings (SSSR count). The monoisotopic (exact) mass is 388 g/mol. The molecule has 0 atom stereocenters. The summed E-state index contributed by atoms with van der Waals surface area (Å²) in [5, 5.41) is 27.5. The molecule has 0 unspecified atom stereocenters. The zero-order valence-electron chi connectivity index (χ0n) is 18.8. The highest BCUT2D eigenvalue weighted by molar-refractivity contribution is 5.35. The summed E-state index contributed by atoms with van der Waals surface area (Å²) in [6.07, 6.45) is -0.167. The van der Waals surface area contributed by atoms with Crippen molar-refractivity contribution in [2.75, 3.05) is 0 Å². The third-order valence-corrected chi connectivity index (χ3v) is 4.39. The number of rotatable bonds is 4. The van der Waals surface area contributed by atoms with Gasteiger partial charge in [0.2, 0.25) is 0 Å². The summed E-state index contributed by atoms with van der Waals surface area (Å²) < 4.78 is 0. The lowest BCUT2D eigenvalue weighted by Crippen LogP contribution is -2.29. The molecule has 0 amide bonds. The van der Waals surface area contributed by atoms with E-state index in [2.05, 4.69) is 24.3 Å². The molecule has 158 valence electrons. The SMILES string of the molecule is CC(C)(O)C(c1ccccc1)c1ccccc1.CC(C)C(C)(C)O.CC(C)O. The molecule has 0 aromatic heterocycles. The van der Waals surface area contributed by atoms with E-state index in [0.717, 1.165) is 11.1 Å². The normalized spacial score (nSPS) is 11.6. The molecule has 2 aromatic rings. The molecule has 0 radical (unpaired) electrons. The maximum absolute atomic E-state index is 10.4. The van der Waals surface area contributed by atoms with Crippen LogP contribution in [0.2, 0.25) is 0 Å². The van der Waals surface area contributed by atoms with E-state index in [1.807, 2.05) is 77.9 Å². The lowest BCUT2D eigenvalue weighted by Gasteiger charge is -2.30. The van der Waals surface area contributed by atoms with Gasteiger partial charge in [0.25, 0.3) is 0 Å². The summed E-state index contributed by atoms with van der Waals surface area (Å²) in [6.45, 7) is 14.8. The Balaban J connectivity index is 0.000000553. The van der Waals surface area contributed by atoms with Crippen LogP contribution >= 0.6 is 0 Å². The van der Waals surface area contributed by atoms with Crippen molar-refractivity contribution in [2.24, 2.45) is 5.92 Å². The minimum absolute atomic E-state index is 0.00454. The summed E-state index contributed by atoms with van der Waals surface area (Å²) in [7, 11) is 0. The van der Waals surface area contributed by atoms with Crippen molar-refractivity contribution in [3.63, 3.8) is 0 Å². The Hall–Kier alpha value is -1.68. The van der Waals surface area contributed by atoms with Crippen LogP contribution in [0.1, 0.15) is 72.4 Å². The van der Waals surface area contributed by atoms with Crippen LogP contribution in [0, 0.1) is 5.92 Å². The molecule has 0 aliphatic heterocycles. The van der Waals surface area contributed by atoms with Crippen LogP contribution < -0.4 is 0 Å². The maximum Gasteiger partial charge on any atom is 0.0700 e. The van der Waals surface area contributed by atoms with Crippen LogP contribution in [-0.2, 0) is 0 Å². The Kier molecular flexibility index (Phi) is 11.3. The molecular weight excluding hydrogens is 348 g/mol. The molecule has 3 N–H and O–H groups in total. The van der Waals surface area contributed by atoms with Gasteiger partial charge in [-0.05, 0) is 58.6 Å². The fraction of sp³-hybridized carbons (Fsp3) is 0.520. The second-order valence-corrected chi connectivity index (χ2v) is 8.81. The van der Waals surface area contributed by atoms with E-state index < -0.39 is 11.2 Å². The van der Waals surface area contributed by atoms with Crippen LogP contribution in [-0.4, -0.2) is 32.6 Å². The second-order valence-electron chi connectivity index (χ2n) is 8.81. The van der Waals surface area contributed by atoms with E-state index in [-0.39, 0.29) is 12.0 Å². The van der Waals surface area contributed by atoms with Crippen molar-refractivity contribution in [3.05, 3.63) is 71.8 Å². The molecule has 2 aromatic carbocycles. The Morgan fingerprint density at radius 1 is 0.607 bits per heavy atom. The minimum atomic E-state index is -0.775. The zero-order valence-corrected chi connectivity index (χ0v) is 18.8. The Morgan fingerprint density at radius 3 is 1.04 bits per heavy atom. The van der Waals surface area contributed by atoms with E-state index in [9.17, 15) is 5.11 Å². The fourth-order valence-corrected chi connectivity index (χ4v) is 2.30. The summed E-state index contributed by atoms with van der Waals surface area (Å²) >= 11 is 0. The molecule has 0 saturated heterocycles. The van der Waals surface area contributed by atoms with Gasteiger partial charge in [0.05, 0.1) is 11.2 Å². The topological polar surface area (TPSA) is 60.7 Å². The third kappa shape index (κ3) is 11.2. The van der Waals surface area contributed by atoms with Crippen molar-refractivity contribution >= 4 is 0 Å². The minimum Gasteiger partial charge on any atom is -0.394 e. The van der Waals surface area contributed by atoms with Gasteiger partial charge in [-0.2, -0.15) is 0 Å². The average molecular weight is 389 g/mol. The second kappa shape index (κ2) is 12.0. The fourth-order valence-electron chi connectivity index (χ4n) is 2.30. The number of aliphatic hydroxyl groups is 3. The smallest absolute Gasteiger partial charge is 0.0700 e. The van der Waals surface area contributed by atoms with E-state index in [1.54, 1.807) is 13.8 Å². The van der Waals surface area contributed by atoms with E-state index >= 15 is 0 Å².